The van der Waals surface area contributed by atoms with Gasteiger partial charge in [-0.3, -0.25) is 4.98 Å². The van der Waals surface area contributed by atoms with Crippen LogP contribution in [0, 0.1) is 0 Å². The first-order chi connectivity index (χ1) is 15.5. The number of rotatable bonds is 6. The number of fused-ring (bicyclic) bond motifs is 1. The second kappa shape index (κ2) is 7.68. The summed E-state index contributed by atoms with van der Waals surface area (Å²) in [6.45, 7) is 0.364. The van der Waals surface area contributed by atoms with E-state index in [4.69, 9.17) is 10.2 Å². The highest BCUT2D eigenvalue weighted by Gasteiger charge is 2.17. The van der Waals surface area contributed by atoms with Gasteiger partial charge in [-0.25, -0.2) is 9.67 Å². The molecule has 5 aromatic rings. The third-order valence-electron chi connectivity index (χ3n) is 4.76. The minimum absolute atomic E-state index is 0.0139. The smallest absolute Gasteiger partial charge is 0.314 e. The number of benzene rings is 1. The first-order valence-electron chi connectivity index (χ1n) is 9.42. The van der Waals surface area contributed by atoms with Crippen LogP contribution in [0.15, 0.2) is 47.1 Å². The Bertz CT molecular complexity index is 1370. The molecule has 0 atom stereocenters. The molecule has 4 heterocycles. The number of pyridine rings is 1. The second-order valence-electron chi connectivity index (χ2n) is 6.94. The summed E-state index contributed by atoms with van der Waals surface area (Å²) in [5.74, 6) is 0.259. The third kappa shape index (κ3) is 3.71. The lowest BCUT2D eigenvalue weighted by atomic mass is 10.2. The van der Waals surface area contributed by atoms with Gasteiger partial charge in [-0.1, -0.05) is 5.21 Å². The summed E-state index contributed by atoms with van der Waals surface area (Å²) in [4.78, 5) is 13.4. The average molecular weight is 438 g/mol. The van der Waals surface area contributed by atoms with Crippen molar-refractivity contribution in [3.05, 3.63) is 54.3 Å². The van der Waals surface area contributed by atoms with E-state index in [1.165, 1.54) is 6.20 Å². The molecule has 0 saturated carbocycles. The molecule has 1 aromatic carbocycles. The van der Waals surface area contributed by atoms with Gasteiger partial charge in [0.25, 0.3) is 5.89 Å². The van der Waals surface area contributed by atoms with Crippen LogP contribution < -0.4 is 10.6 Å². The molecular weight excluding hydrogens is 422 g/mol. The molecule has 13 heteroatoms. The van der Waals surface area contributed by atoms with E-state index in [1.807, 2.05) is 30.1 Å². The van der Waals surface area contributed by atoms with Crippen LogP contribution in [-0.2, 0) is 6.54 Å². The topological polar surface area (TPSA) is 140 Å². The molecule has 0 aliphatic heterocycles. The van der Waals surface area contributed by atoms with Gasteiger partial charge in [0.15, 0.2) is 11.8 Å². The van der Waals surface area contributed by atoms with E-state index in [2.05, 4.69) is 35.5 Å². The van der Waals surface area contributed by atoms with Gasteiger partial charge >= 0.3 is 6.43 Å². The number of imidazole rings is 1. The molecule has 0 unspecified atom stereocenters. The van der Waals surface area contributed by atoms with Crippen molar-refractivity contribution in [2.45, 2.75) is 13.0 Å². The van der Waals surface area contributed by atoms with Gasteiger partial charge in [0.2, 0.25) is 5.89 Å². The molecule has 0 amide bonds. The van der Waals surface area contributed by atoms with Crippen molar-refractivity contribution in [3.8, 4) is 11.5 Å². The average Bonchev–Trinajstić information content (AvgIpc) is 3.52. The van der Waals surface area contributed by atoms with E-state index in [-0.39, 0.29) is 5.89 Å². The van der Waals surface area contributed by atoms with Gasteiger partial charge in [0.05, 0.1) is 35.0 Å². The molecule has 0 bridgehead atoms. The second-order valence-corrected chi connectivity index (χ2v) is 6.94. The first-order valence-corrected chi connectivity index (χ1v) is 9.42. The van der Waals surface area contributed by atoms with Crippen LogP contribution in [0.25, 0.3) is 22.5 Å². The minimum atomic E-state index is -2.82. The van der Waals surface area contributed by atoms with Gasteiger partial charge in [0, 0.05) is 18.9 Å². The number of aromatic amines is 1. The Kier molecular flexibility index (Phi) is 4.69. The largest absolute Gasteiger partial charge is 0.415 e. The van der Waals surface area contributed by atoms with Crippen LogP contribution in [0.5, 0.6) is 0 Å². The Morgan fingerprint density at radius 2 is 2.06 bits per heavy atom. The number of hydrogen-bond acceptors (Lipinski definition) is 9. The molecule has 3 N–H and O–H groups in total. The van der Waals surface area contributed by atoms with E-state index in [1.54, 1.807) is 23.0 Å². The molecule has 0 radical (unpaired) electrons. The maximum Gasteiger partial charge on any atom is 0.314 e. The van der Waals surface area contributed by atoms with E-state index < -0.39 is 12.3 Å². The predicted octanol–water partition coefficient (Wildman–Crippen LogP) is 2.94. The van der Waals surface area contributed by atoms with E-state index >= 15 is 0 Å². The molecule has 162 valence electrons. The number of nitrogens with one attached hydrogen (secondary N) is 1. The van der Waals surface area contributed by atoms with Gasteiger partial charge in [0.1, 0.15) is 0 Å². The van der Waals surface area contributed by atoms with Crippen molar-refractivity contribution in [2.24, 2.45) is 0 Å². The van der Waals surface area contributed by atoms with Crippen molar-refractivity contribution in [1.82, 2.24) is 40.1 Å². The van der Waals surface area contributed by atoms with E-state index in [0.29, 0.717) is 29.6 Å². The zero-order valence-corrected chi connectivity index (χ0v) is 16.6. The van der Waals surface area contributed by atoms with Crippen LogP contribution in [0.2, 0.25) is 0 Å². The maximum absolute atomic E-state index is 12.6. The van der Waals surface area contributed by atoms with Gasteiger partial charge < -0.3 is 20.0 Å². The Morgan fingerprint density at radius 1 is 1.19 bits per heavy atom. The fourth-order valence-electron chi connectivity index (χ4n) is 3.13. The van der Waals surface area contributed by atoms with Crippen LogP contribution in [0.3, 0.4) is 0 Å². The van der Waals surface area contributed by atoms with Crippen LogP contribution in [0.1, 0.15) is 18.0 Å². The molecule has 32 heavy (non-hydrogen) atoms. The van der Waals surface area contributed by atoms with Crippen LogP contribution in [-0.4, -0.2) is 47.2 Å². The van der Waals surface area contributed by atoms with Crippen molar-refractivity contribution in [1.29, 1.82) is 0 Å². The summed E-state index contributed by atoms with van der Waals surface area (Å²) in [7, 11) is 1.88. The lowest BCUT2D eigenvalue weighted by Crippen LogP contribution is -2.09. The summed E-state index contributed by atoms with van der Waals surface area (Å²) < 4.78 is 31.8. The summed E-state index contributed by atoms with van der Waals surface area (Å²) in [5, 5.41) is 15.3. The van der Waals surface area contributed by atoms with Crippen LogP contribution in [0.4, 0.5) is 26.2 Å². The number of aromatic nitrogens is 8. The van der Waals surface area contributed by atoms with E-state index in [0.717, 1.165) is 16.7 Å². The molecule has 11 nitrogen and oxygen atoms in total. The van der Waals surface area contributed by atoms with Gasteiger partial charge in [-0.15, -0.1) is 15.3 Å². The molecular formula is C19H16F2N10O. The number of H-pyrrole nitrogens is 1. The number of alkyl halides is 2. The highest BCUT2D eigenvalue weighted by molar-refractivity contribution is 5.82. The quantitative estimate of drug-likeness (QED) is 0.409. The van der Waals surface area contributed by atoms with E-state index in [9.17, 15) is 8.78 Å². The maximum atomic E-state index is 12.6. The standard InChI is InChI=1S/C19H16F2N10O/c1-30(12-4-5-13-14(6-12)25-19(22)24-13)15-9-31(29-26-15)8-11-3-2-10(7-23-11)17-27-28-18(32-17)16(20)21/h2-7,9,16H,8H2,1H3,(H3,22,24,25). The molecule has 0 fully saturated rings. The highest BCUT2D eigenvalue weighted by Crippen LogP contribution is 2.26. The molecule has 0 saturated heterocycles. The zero-order chi connectivity index (χ0) is 22.2. The lowest BCUT2D eigenvalue weighted by Gasteiger charge is -2.15. The Hall–Kier alpha value is -4.42. The summed E-state index contributed by atoms with van der Waals surface area (Å²) >= 11 is 0. The number of nitrogens with two attached hydrogens (primary N) is 1. The van der Waals surface area contributed by atoms with Crippen molar-refractivity contribution in [2.75, 3.05) is 17.7 Å². The molecule has 4 aromatic heterocycles. The number of hydrogen-bond donors (Lipinski definition) is 2. The fourth-order valence-corrected chi connectivity index (χ4v) is 3.13. The molecule has 0 aliphatic carbocycles. The molecule has 0 spiro atoms. The minimum Gasteiger partial charge on any atom is -0.415 e. The number of nitrogens with zero attached hydrogens (tertiary/aromatic N) is 8. The van der Waals surface area contributed by atoms with Gasteiger partial charge in [-0.2, -0.15) is 8.78 Å². The lowest BCUT2D eigenvalue weighted by molar-refractivity contribution is 0.116. The zero-order valence-electron chi connectivity index (χ0n) is 16.6. The third-order valence-corrected chi connectivity index (χ3v) is 4.76. The summed E-state index contributed by atoms with van der Waals surface area (Å²) in [6, 6.07) is 9.11. The Morgan fingerprint density at radius 3 is 2.81 bits per heavy atom. The Labute approximate surface area is 178 Å². The molecule has 5 rings (SSSR count). The Balaban J connectivity index is 1.29. The summed E-state index contributed by atoms with van der Waals surface area (Å²) in [6.07, 6.45) is 0.448. The molecule has 0 aliphatic rings. The number of anilines is 3. The fraction of sp³-hybridized carbons (Fsp3) is 0.158. The highest BCUT2D eigenvalue weighted by atomic mass is 19.3. The predicted molar refractivity (Wildman–Crippen MR) is 110 cm³/mol. The van der Waals surface area contributed by atoms with Gasteiger partial charge in [-0.05, 0) is 30.3 Å². The SMILES string of the molecule is CN(c1ccc2nc(N)[nH]c2c1)c1cn(Cc2ccc(-c3nnc(C(F)F)o3)cn2)nn1. The van der Waals surface area contributed by atoms with Crippen molar-refractivity contribution in [3.63, 3.8) is 0 Å². The first kappa shape index (κ1) is 19.5. The number of halogens is 2. The van der Waals surface area contributed by atoms with Crippen LogP contribution >= 0.6 is 0 Å². The normalized spacial score (nSPS) is 11.5. The van der Waals surface area contributed by atoms with Crippen molar-refractivity contribution >= 4 is 28.5 Å². The number of nitrogen functional groups attached to an aromatic ring is 1. The van der Waals surface area contributed by atoms with Crippen molar-refractivity contribution < 1.29 is 13.2 Å². The monoisotopic (exact) mass is 438 g/mol. The summed E-state index contributed by atoms with van der Waals surface area (Å²) in [5.41, 5.74) is 9.34.